The number of nitrogens with zero attached hydrogens (tertiary/aromatic N) is 2. The molecule has 0 radical (unpaired) electrons. The average molecular weight is 337 g/mol. The summed E-state index contributed by atoms with van der Waals surface area (Å²) < 4.78 is 0. The SMILES string of the molecule is Cc1cccc(CC(=O)NCC2CCN(Cc3ccncc3)CC2)c1. The first-order valence-corrected chi connectivity index (χ1v) is 9.12. The van der Waals surface area contributed by atoms with Gasteiger partial charge in [0.2, 0.25) is 5.91 Å². The number of rotatable bonds is 6. The number of hydrogen-bond donors (Lipinski definition) is 1. The first-order valence-electron chi connectivity index (χ1n) is 9.12. The number of likely N-dealkylation sites (tertiary alicyclic amines) is 1. The van der Waals surface area contributed by atoms with Crippen molar-refractivity contribution in [2.75, 3.05) is 19.6 Å². The maximum atomic E-state index is 12.1. The molecule has 0 aliphatic carbocycles. The Kier molecular flexibility index (Phi) is 6.18. The predicted octanol–water partition coefficient (Wildman–Crippen LogP) is 2.96. The zero-order valence-corrected chi connectivity index (χ0v) is 14.9. The van der Waals surface area contributed by atoms with Crippen LogP contribution >= 0.6 is 0 Å². The van der Waals surface area contributed by atoms with Crippen LogP contribution in [0.2, 0.25) is 0 Å². The van der Waals surface area contributed by atoms with Gasteiger partial charge in [0.05, 0.1) is 6.42 Å². The van der Waals surface area contributed by atoms with Crippen molar-refractivity contribution < 1.29 is 4.79 Å². The third-order valence-electron chi connectivity index (χ3n) is 4.90. The Morgan fingerprint density at radius 3 is 2.64 bits per heavy atom. The minimum absolute atomic E-state index is 0.129. The van der Waals surface area contributed by atoms with E-state index in [2.05, 4.69) is 46.4 Å². The molecule has 2 aromatic rings. The molecular weight excluding hydrogens is 310 g/mol. The third-order valence-corrected chi connectivity index (χ3v) is 4.90. The Morgan fingerprint density at radius 1 is 1.16 bits per heavy atom. The van der Waals surface area contributed by atoms with E-state index in [9.17, 15) is 4.79 Å². The Morgan fingerprint density at radius 2 is 1.92 bits per heavy atom. The summed E-state index contributed by atoms with van der Waals surface area (Å²) in [5, 5.41) is 3.12. The molecule has 0 unspecified atom stereocenters. The molecule has 1 aliphatic heterocycles. The van der Waals surface area contributed by atoms with Gasteiger partial charge in [-0.25, -0.2) is 0 Å². The van der Waals surface area contributed by atoms with E-state index in [0.29, 0.717) is 12.3 Å². The molecule has 0 atom stereocenters. The van der Waals surface area contributed by atoms with Crippen molar-refractivity contribution in [2.24, 2.45) is 5.92 Å². The van der Waals surface area contributed by atoms with Gasteiger partial charge in [-0.1, -0.05) is 29.8 Å². The number of pyridine rings is 1. The molecule has 1 aromatic heterocycles. The quantitative estimate of drug-likeness (QED) is 0.881. The highest BCUT2D eigenvalue weighted by Crippen LogP contribution is 2.18. The maximum Gasteiger partial charge on any atom is 0.224 e. The van der Waals surface area contributed by atoms with E-state index in [1.54, 1.807) is 0 Å². The fraction of sp³-hybridized carbons (Fsp3) is 0.429. The lowest BCUT2D eigenvalue weighted by molar-refractivity contribution is -0.120. The first kappa shape index (κ1) is 17.6. The van der Waals surface area contributed by atoms with Gasteiger partial charge in [0.15, 0.2) is 0 Å². The molecule has 4 heteroatoms. The van der Waals surface area contributed by atoms with Crippen molar-refractivity contribution in [1.82, 2.24) is 15.2 Å². The predicted molar refractivity (Wildman–Crippen MR) is 100 cm³/mol. The molecule has 1 fully saturated rings. The number of piperidine rings is 1. The van der Waals surface area contributed by atoms with Crippen molar-refractivity contribution >= 4 is 5.91 Å². The Balaban J connectivity index is 1.37. The van der Waals surface area contributed by atoms with Crippen LogP contribution in [-0.2, 0) is 17.8 Å². The molecule has 1 aliphatic rings. The largest absolute Gasteiger partial charge is 0.356 e. The van der Waals surface area contributed by atoms with E-state index in [4.69, 9.17) is 0 Å². The standard InChI is InChI=1S/C21H27N3O/c1-17-3-2-4-20(13-17)14-21(25)23-15-18-7-11-24(12-8-18)16-19-5-9-22-10-6-19/h2-6,9-10,13,18H,7-8,11-12,14-16H2,1H3,(H,23,25). The first-order chi connectivity index (χ1) is 12.2. The monoisotopic (exact) mass is 337 g/mol. The van der Waals surface area contributed by atoms with Crippen LogP contribution in [0.1, 0.15) is 29.5 Å². The lowest BCUT2D eigenvalue weighted by atomic mass is 9.96. The summed E-state index contributed by atoms with van der Waals surface area (Å²) in [6.45, 7) is 6.05. The molecule has 1 aromatic carbocycles. The van der Waals surface area contributed by atoms with E-state index in [1.807, 2.05) is 24.5 Å². The van der Waals surface area contributed by atoms with Crippen LogP contribution in [0.5, 0.6) is 0 Å². The molecular formula is C21H27N3O. The molecule has 0 bridgehead atoms. The molecule has 25 heavy (non-hydrogen) atoms. The Labute approximate surface area is 150 Å². The number of aromatic nitrogens is 1. The summed E-state index contributed by atoms with van der Waals surface area (Å²) in [6.07, 6.45) is 6.48. The topological polar surface area (TPSA) is 45.2 Å². The second-order valence-electron chi connectivity index (χ2n) is 7.04. The van der Waals surface area contributed by atoms with Crippen molar-refractivity contribution in [1.29, 1.82) is 0 Å². The van der Waals surface area contributed by atoms with Crippen molar-refractivity contribution in [3.63, 3.8) is 0 Å². The molecule has 1 N–H and O–H groups in total. The van der Waals surface area contributed by atoms with Crippen LogP contribution in [0.15, 0.2) is 48.8 Å². The van der Waals surface area contributed by atoms with Gasteiger partial charge in [0, 0.05) is 25.5 Å². The van der Waals surface area contributed by atoms with Crippen molar-refractivity contribution in [3.8, 4) is 0 Å². The van der Waals surface area contributed by atoms with Gasteiger partial charge in [-0.15, -0.1) is 0 Å². The highest BCUT2D eigenvalue weighted by atomic mass is 16.1. The summed E-state index contributed by atoms with van der Waals surface area (Å²) in [5.74, 6) is 0.722. The van der Waals surface area contributed by atoms with Crippen LogP contribution in [0.25, 0.3) is 0 Å². The average Bonchev–Trinajstić information content (AvgIpc) is 2.62. The third kappa shape index (κ3) is 5.68. The van der Waals surface area contributed by atoms with Crippen molar-refractivity contribution in [3.05, 3.63) is 65.5 Å². The minimum Gasteiger partial charge on any atom is -0.356 e. The van der Waals surface area contributed by atoms with Gasteiger partial charge in [-0.3, -0.25) is 14.7 Å². The van der Waals surface area contributed by atoms with Crippen LogP contribution in [-0.4, -0.2) is 35.4 Å². The molecule has 1 amide bonds. The number of carbonyl (C=O) groups excluding carboxylic acids is 1. The zero-order valence-electron chi connectivity index (χ0n) is 14.9. The van der Waals surface area contributed by atoms with E-state index in [0.717, 1.165) is 44.6 Å². The Bertz CT molecular complexity index is 679. The van der Waals surface area contributed by atoms with Crippen LogP contribution in [0.3, 0.4) is 0 Å². The van der Waals surface area contributed by atoms with Gasteiger partial charge < -0.3 is 5.32 Å². The lowest BCUT2D eigenvalue weighted by Gasteiger charge is -2.32. The molecule has 0 spiro atoms. The zero-order chi connectivity index (χ0) is 17.5. The van der Waals surface area contributed by atoms with E-state index in [1.165, 1.54) is 11.1 Å². The number of carbonyl (C=O) groups is 1. The summed E-state index contributed by atoms with van der Waals surface area (Å²) in [4.78, 5) is 18.7. The number of benzene rings is 1. The van der Waals surface area contributed by atoms with Gasteiger partial charge in [0.25, 0.3) is 0 Å². The summed E-state index contributed by atoms with van der Waals surface area (Å²) in [7, 11) is 0. The fourth-order valence-corrected chi connectivity index (χ4v) is 3.42. The number of hydrogen-bond acceptors (Lipinski definition) is 3. The van der Waals surface area contributed by atoms with E-state index >= 15 is 0 Å². The number of nitrogens with one attached hydrogen (secondary N) is 1. The molecule has 1 saturated heterocycles. The second kappa shape index (κ2) is 8.77. The summed E-state index contributed by atoms with van der Waals surface area (Å²) in [6, 6.07) is 12.3. The van der Waals surface area contributed by atoms with Crippen LogP contribution < -0.4 is 5.32 Å². The minimum atomic E-state index is 0.129. The Hall–Kier alpha value is -2.20. The number of amides is 1. The smallest absolute Gasteiger partial charge is 0.224 e. The number of aryl methyl sites for hydroxylation is 1. The molecule has 0 saturated carbocycles. The van der Waals surface area contributed by atoms with Crippen LogP contribution in [0, 0.1) is 12.8 Å². The molecule has 4 nitrogen and oxygen atoms in total. The van der Waals surface area contributed by atoms with Gasteiger partial charge in [-0.2, -0.15) is 0 Å². The highest BCUT2D eigenvalue weighted by Gasteiger charge is 2.19. The van der Waals surface area contributed by atoms with Crippen LogP contribution in [0.4, 0.5) is 0 Å². The summed E-state index contributed by atoms with van der Waals surface area (Å²) in [5.41, 5.74) is 3.61. The molecule has 132 valence electrons. The molecule has 2 heterocycles. The van der Waals surface area contributed by atoms with Gasteiger partial charge in [0.1, 0.15) is 0 Å². The van der Waals surface area contributed by atoms with Gasteiger partial charge >= 0.3 is 0 Å². The summed E-state index contributed by atoms with van der Waals surface area (Å²) >= 11 is 0. The van der Waals surface area contributed by atoms with Crippen molar-refractivity contribution in [2.45, 2.75) is 32.7 Å². The molecule has 3 rings (SSSR count). The normalized spacial score (nSPS) is 15.9. The van der Waals surface area contributed by atoms with E-state index < -0.39 is 0 Å². The highest BCUT2D eigenvalue weighted by molar-refractivity contribution is 5.78. The fourth-order valence-electron chi connectivity index (χ4n) is 3.42. The lowest BCUT2D eigenvalue weighted by Crippen LogP contribution is -2.38. The second-order valence-corrected chi connectivity index (χ2v) is 7.04. The maximum absolute atomic E-state index is 12.1. The van der Waals surface area contributed by atoms with Gasteiger partial charge in [-0.05, 0) is 62.0 Å². The van der Waals surface area contributed by atoms with E-state index in [-0.39, 0.29) is 5.91 Å².